The van der Waals surface area contributed by atoms with Crippen LogP contribution < -0.4 is 9.13 Å². The Hall–Kier alpha value is -2.48. The summed E-state index contributed by atoms with van der Waals surface area (Å²) >= 11 is 0. The molecule has 23 heavy (non-hydrogen) atoms. The molecule has 2 aromatic heterocycles. The molecule has 2 heterocycles. The summed E-state index contributed by atoms with van der Waals surface area (Å²) in [6.07, 6.45) is 2.10. The summed E-state index contributed by atoms with van der Waals surface area (Å²) in [4.78, 5) is 0. The number of nitrogens with zero attached hydrogens (tertiary/aromatic N) is 2. The van der Waals surface area contributed by atoms with Gasteiger partial charge in [-0.15, -0.1) is 0 Å². The lowest BCUT2D eigenvalue weighted by molar-refractivity contribution is -0.685. The number of aryl methyl sites for hydroxylation is 4. The lowest BCUT2D eigenvalue weighted by Gasteiger charge is -2.11. The van der Waals surface area contributed by atoms with E-state index in [1.165, 1.54) is 39.3 Å². The van der Waals surface area contributed by atoms with Crippen molar-refractivity contribution in [2.24, 2.45) is 14.1 Å². The maximum absolute atomic E-state index is 2.34. The Labute approximate surface area is 138 Å². The molecule has 0 spiro atoms. The first-order valence-corrected chi connectivity index (χ1v) is 8.02. The molecule has 0 aliphatic rings. The maximum Gasteiger partial charge on any atom is 0.280 e. The van der Waals surface area contributed by atoms with Crippen LogP contribution in [0.25, 0.3) is 22.6 Å². The molecule has 116 valence electrons. The molecule has 0 saturated carbocycles. The average Bonchev–Trinajstić information content (AvgIpc) is 2.50. The van der Waals surface area contributed by atoms with Gasteiger partial charge in [0.15, 0.2) is 6.20 Å². The van der Waals surface area contributed by atoms with E-state index in [4.69, 9.17) is 0 Å². The summed E-state index contributed by atoms with van der Waals surface area (Å²) in [7, 11) is 4.27. The largest absolute Gasteiger partial charge is 0.280 e. The van der Waals surface area contributed by atoms with Crippen LogP contribution in [0.4, 0.5) is 0 Å². The second kappa shape index (κ2) is 5.96. The van der Waals surface area contributed by atoms with E-state index >= 15 is 0 Å². The number of hydrogen-bond donors (Lipinski definition) is 0. The summed E-state index contributed by atoms with van der Waals surface area (Å²) in [6, 6.07) is 17.2. The van der Waals surface area contributed by atoms with Crippen LogP contribution in [-0.2, 0) is 14.1 Å². The minimum absolute atomic E-state index is 1.22. The molecule has 0 fully saturated rings. The van der Waals surface area contributed by atoms with E-state index in [1.807, 2.05) is 0 Å². The molecule has 3 rings (SSSR count). The van der Waals surface area contributed by atoms with Gasteiger partial charge in [0.05, 0.1) is 0 Å². The smallest absolute Gasteiger partial charge is 0.196 e. The predicted octanol–water partition coefficient (Wildman–Crippen LogP) is 3.59. The summed E-state index contributed by atoms with van der Waals surface area (Å²) in [5, 5.41) is 0. The zero-order valence-electron chi connectivity index (χ0n) is 14.6. The van der Waals surface area contributed by atoms with E-state index < -0.39 is 0 Å². The Bertz CT molecular complexity index is 809. The van der Waals surface area contributed by atoms with Crippen molar-refractivity contribution in [2.75, 3.05) is 0 Å². The normalized spacial score (nSPS) is 10.8. The number of pyridine rings is 2. The van der Waals surface area contributed by atoms with Gasteiger partial charge in [-0.1, -0.05) is 18.2 Å². The van der Waals surface area contributed by atoms with Crippen LogP contribution in [0.3, 0.4) is 0 Å². The number of rotatable bonds is 2. The van der Waals surface area contributed by atoms with Gasteiger partial charge in [0.1, 0.15) is 14.1 Å². The summed E-state index contributed by atoms with van der Waals surface area (Å²) in [6.45, 7) is 6.57. The van der Waals surface area contributed by atoms with E-state index in [2.05, 4.69) is 98.7 Å². The molecular formula is C21H24N2+2. The van der Waals surface area contributed by atoms with Crippen LogP contribution in [-0.4, -0.2) is 0 Å². The average molecular weight is 304 g/mol. The van der Waals surface area contributed by atoms with Crippen molar-refractivity contribution in [2.45, 2.75) is 20.8 Å². The Morgan fingerprint density at radius 2 is 1.35 bits per heavy atom. The van der Waals surface area contributed by atoms with Crippen LogP contribution in [0.2, 0.25) is 0 Å². The van der Waals surface area contributed by atoms with Crippen molar-refractivity contribution >= 4 is 0 Å². The monoisotopic (exact) mass is 304 g/mol. The number of hydrogen-bond acceptors (Lipinski definition) is 0. The van der Waals surface area contributed by atoms with E-state index in [0.717, 1.165) is 0 Å². The second-order valence-corrected chi connectivity index (χ2v) is 6.28. The number of benzene rings is 1. The van der Waals surface area contributed by atoms with Gasteiger partial charge in [-0.25, -0.2) is 0 Å². The molecular weight excluding hydrogens is 280 g/mol. The van der Waals surface area contributed by atoms with E-state index in [-0.39, 0.29) is 0 Å². The SMILES string of the molecule is Cc1ccccc1-c1c(C)cc(C)c(-c2cccc[n+]2C)[n+]1C. The third-order valence-electron chi connectivity index (χ3n) is 4.55. The Kier molecular flexibility index (Phi) is 3.99. The zero-order chi connectivity index (χ0) is 16.6. The minimum atomic E-state index is 1.22. The van der Waals surface area contributed by atoms with Crippen LogP contribution in [0, 0.1) is 20.8 Å². The van der Waals surface area contributed by atoms with E-state index in [0.29, 0.717) is 0 Å². The molecule has 1 aromatic carbocycles. The first kappa shape index (κ1) is 15.4. The van der Waals surface area contributed by atoms with Crippen molar-refractivity contribution in [1.29, 1.82) is 0 Å². The van der Waals surface area contributed by atoms with Gasteiger partial charge in [0.2, 0.25) is 5.69 Å². The molecule has 0 atom stereocenters. The fourth-order valence-corrected chi connectivity index (χ4v) is 3.48. The van der Waals surface area contributed by atoms with E-state index in [9.17, 15) is 0 Å². The first-order chi connectivity index (χ1) is 11.0. The molecule has 0 unspecified atom stereocenters. The molecule has 0 amide bonds. The third-order valence-corrected chi connectivity index (χ3v) is 4.55. The molecule has 0 aliphatic heterocycles. The van der Waals surface area contributed by atoms with Gasteiger partial charge in [-0.2, -0.15) is 9.13 Å². The van der Waals surface area contributed by atoms with Crippen molar-refractivity contribution in [3.63, 3.8) is 0 Å². The first-order valence-electron chi connectivity index (χ1n) is 8.02. The highest BCUT2D eigenvalue weighted by molar-refractivity contribution is 5.66. The Morgan fingerprint density at radius 1 is 0.696 bits per heavy atom. The van der Waals surface area contributed by atoms with Crippen molar-refractivity contribution in [1.82, 2.24) is 0 Å². The summed E-state index contributed by atoms with van der Waals surface area (Å²) in [5.41, 5.74) is 8.98. The fraction of sp³-hybridized carbons (Fsp3) is 0.238. The van der Waals surface area contributed by atoms with Crippen LogP contribution in [0.5, 0.6) is 0 Å². The third kappa shape index (κ3) is 2.65. The summed E-state index contributed by atoms with van der Waals surface area (Å²) < 4.78 is 4.52. The second-order valence-electron chi connectivity index (χ2n) is 6.28. The lowest BCUT2D eigenvalue weighted by atomic mass is 9.98. The lowest BCUT2D eigenvalue weighted by Crippen LogP contribution is -2.41. The van der Waals surface area contributed by atoms with Crippen molar-refractivity contribution in [3.8, 4) is 22.6 Å². The topological polar surface area (TPSA) is 7.76 Å². The molecule has 0 saturated heterocycles. The van der Waals surface area contributed by atoms with Gasteiger partial charge < -0.3 is 0 Å². The quantitative estimate of drug-likeness (QED) is 0.639. The molecule has 2 heteroatoms. The van der Waals surface area contributed by atoms with Crippen LogP contribution in [0.15, 0.2) is 54.7 Å². The van der Waals surface area contributed by atoms with Crippen LogP contribution >= 0.6 is 0 Å². The molecule has 0 aliphatic carbocycles. The molecule has 0 radical (unpaired) electrons. The van der Waals surface area contributed by atoms with Gasteiger partial charge >= 0.3 is 0 Å². The predicted molar refractivity (Wildman–Crippen MR) is 93.9 cm³/mol. The highest BCUT2D eigenvalue weighted by Crippen LogP contribution is 2.27. The number of aromatic nitrogens is 2. The fourth-order valence-electron chi connectivity index (χ4n) is 3.48. The minimum Gasteiger partial charge on any atom is -0.196 e. The highest BCUT2D eigenvalue weighted by atomic mass is 15.0. The van der Waals surface area contributed by atoms with Crippen molar-refractivity contribution < 1.29 is 9.13 Å². The molecule has 0 N–H and O–H groups in total. The Morgan fingerprint density at radius 3 is 2.04 bits per heavy atom. The van der Waals surface area contributed by atoms with Gasteiger partial charge in [-0.05, 0) is 44.5 Å². The molecule has 2 nitrogen and oxygen atoms in total. The van der Waals surface area contributed by atoms with Gasteiger partial charge in [0.25, 0.3) is 11.4 Å². The van der Waals surface area contributed by atoms with Crippen molar-refractivity contribution in [3.05, 3.63) is 71.4 Å². The highest BCUT2D eigenvalue weighted by Gasteiger charge is 2.27. The Balaban J connectivity index is 2.35. The van der Waals surface area contributed by atoms with Crippen LogP contribution in [0.1, 0.15) is 16.7 Å². The zero-order valence-corrected chi connectivity index (χ0v) is 14.6. The standard InChI is InChI=1S/C21H24N2/c1-15-10-6-7-11-18(15)20-16(2)14-17(3)21(23(20)5)19-12-8-9-13-22(19)4/h6-14H,1-5H3/q+2. The van der Waals surface area contributed by atoms with E-state index in [1.54, 1.807) is 0 Å². The van der Waals surface area contributed by atoms with Gasteiger partial charge in [-0.3, -0.25) is 0 Å². The maximum atomic E-state index is 2.34. The van der Waals surface area contributed by atoms with Gasteiger partial charge in [0, 0.05) is 28.8 Å². The molecule has 0 bridgehead atoms. The molecule has 3 aromatic rings. The summed E-state index contributed by atoms with van der Waals surface area (Å²) in [5.74, 6) is 0.